The third kappa shape index (κ3) is 9.41. The summed E-state index contributed by atoms with van der Waals surface area (Å²) in [5.41, 5.74) is 0. The van der Waals surface area contributed by atoms with E-state index in [1.807, 2.05) is 6.21 Å². The molecule has 0 atom stereocenters. The van der Waals surface area contributed by atoms with Crippen LogP contribution in [0.3, 0.4) is 0 Å². The Morgan fingerprint density at radius 2 is 2.00 bits per heavy atom. The zero-order valence-corrected chi connectivity index (χ0v) is 7.88. The van der Waals surface area contributed by atoms with Crippen LogP contribution >= 0.6 is 0 Å². The minimum Gasteiger partial charge on any atom is -0.293 e. The van der Waals surface area contributed by atoms with Gasteiger partial charge < -0.3 is 0 Å². The van der Waals surface area contributed by atoms with Crippen molar-refractivity contribution in [2.75, 3.05) is 6.54 Å². The predicted octanol–water partition coefficient (Wildman–Crippen LogP) is 3.07. The molecule has 11 heavy (non-hydrogen) atoms. The van der Waals surface area contributed by atoms with Crippen molar-refractivity contribution < 1.29 is 0 Å². The topological polar surface area (TPSA) is 12.4 Å². The lowest BCUT2D eigenvalue weighted by atomic mass is 10.2. The standard InChI is InChI=1S/C10H19N/c1-4-5-6-7-8-11-9-10(2)3/h6-7,9-10H,4-5,8H2,1-3H3/b7-6+,11-9?. The van der Waals surface area contributed by atoms with Gasteiger partial charge in [0.05, 0.1) is 6.54 Å². The van der Waals surface area contributed by atoms with Gasteiger partial charge in [0.2, 0.25) is 0 Å². The van der Waals surface area contributed by atoms with Crippen LogP contribution in [0.1, 0.15) is 33.6 Å². The van der Waals surface area contributed by atoms with Crippen LogP contribution in [0.4, 0.5) is 0 Å². The lowest BCUT2D eigenvalue weighted by Gasteiger charge is -1.90. The minimum atomic E-state index is 0.578. The van der Waals surface area contributed by atoms with Gasteiger partial charge in [0.1, 0.15) is 0 Å². The highest BCUT2D eigenvalue weighted by Gasteiger charge is 1.81. The summed E-state index contributed by atoms with van der Waals surface area (Å²) in [4.78, 5) is 4.23. The molecule has 0 fully saturated rings. The molecule has 0 unspecified atom stereocenters. The van der Waals surface area contributed by atoms with Gasteiger partial charge >= 0.3 is 0 Å². The Labute approximate surface area is 70.2 Å². The first-order valence-electron chi connectivity index (χ1n) is 4.42. The van der Waals surface area contributed by atoms with Gasteiger partial charge in [-0.25, -0.2) is 0 Å². The summed E-state index contributed by atoms with van der Waals surface area (Å²) in [6.45, 7) is 7.30. The second-order valence-corrected chi connectivity index (χ2v) is 3.02. The molecule has 0 aromatic rings. The molecule has 0 aliphatic carbocycles. The lowest BCUT2D eigenvalue weighted by Crippen LogP contribution is -1.87. The summed E-state index contributed by atoms with van der Waals surface area (Å²) >= 11 is 0. The van der Waals surface area contributed by atoms with E-state index in [4.69, 9.17) is 0 Å². The van der Waals surface area contributed by atoms with E-state index in [1.165, 1.54) is 12.8 Å². The average Bonchev–Trinajstić information content (AvgIpc) is 1.96. The van der Waals surface area contributed by atoms with Crippen LogP contribution in [-0.4, -0.2) is 12.8 Å². The molecule has 0 bridgehead atoms. The monoisotopic (exact) mass is 153 g/mol. The smallest absolute Gasteiger partial charge is 0.0566 e. The van der Waals surface area contributed by atoms with Gasteiger partial charge in [-0.05, 0) is 12.3 Å². The number of nitrogens with zero attached hydrogens (tertiary/aromatic N) is 1. The molecule has 0 aliphatic rings. The van der Waals surface area contributed by atoms with Crippen LogP contribution in [0, 0.1) is 5.92 Å². The van der Waals surface area contributed by atoms with Gasteiger partial charge in [-0.15, -0.1) is 0 Å². The van der Waals surface area contributed by atoms with Crippen LogP contribution in [0.5, 0.6) is 0 Å². The first kappa shape index (κ1) is 10.4. The first-order valence-corrected chi connectivity index (χ1v) is 4.42. The van der Waals surface area contributed by atoms with Crippen molar-refractivity contribution in [2.24, 2.45) is 10.9 Å². The number of allylic oxidation sites excluding steroid dienone is 1. The fraction of sp³-hybridized carbons (Fsp3) is 0.700. The SMILES string of the molecule is CCC/C=C/CN=CC(C)C. The second-order valence-electron chi connectivity index (χ2n) is 3.02. The third-order valence-electron chi connectivity index (χ3n) is 1.24. The highest BCUT2D eigenvalue weighted by molar-refractivity contribution is 5.59. The quantitative estimate of drug-likeness (QED) is 0.425. The zero-order valence-electron chi connectivity index (χ0n) is 7.88. The van der Waals surface area contributed by atoms with Gasteiger partial charge in [-0.1, -0.05) is 39.3 Å². The van der Waals surface area contributed by atoms with E-state index in [0.717, 1.165) is 6.54 Å². The first-order chi connectivity index (χ1) is 5.27. The number of unbranched alkanes of at least 4 members (excludes halogenated alkanes) is 1. The maximum absolute atomic E-state index is 4.23. The summed E-state index contributed by atoms with van der Waals surface area (Å²) in [6.07, 6.45) is 8.72. The summed E-state index contributed by atoms with van der Waals surface area (Å²) < 4.78 is 0. The van der Waals surface area contributed by atoms with Crippen molar-refractivity contribution in [3.63, 3.8) is 0 Å². The van der Waals surface area contributed by atoms with Gasteiger partial charge in [-0.2, -0.15) is 0 Å². The van der Waals surface area contributed by atoms with Crippen LogP contribution in [0.25, 0.3) is 0 Å². The molecule has 0 saturated carbocycles. The molecule has 0 N–H and O–H groups in total. The molecule has 0 aromatic heterocycles. The van der Waals surface area contributed by atoms with Gasteiger partial charge in [0.15, 0.2) is 0 Å². The number of hydrogen-bond donors (Lipinski definition) is 0. The van der Waals surface area contributed by atoms with E-state index in [0.29, 0.717) is 5.92 Å². The summed E-state index contributed by atoms with van der Waals surface area (Å²) in [6, 6.07) is 0. The fourth-order valence-electron chi connectivity index (χ4n) is 0.692. The Hall–Kier alpha value is -0.590. The van der Waals surface area contributed by atoms with Crippen molar-refractivity contribution >= 4 is 6.21 Å². The predicted molar refractivity (Wildman–Crippen MR) is 52.2 cm³/mol. The van der Waals surface area contributed by atoms with Gasteiger partial charge in [0, 0.05) is 6.21 Å². The van der Waals surface area contributed by atoms with Crippen LogP contribution in [0.15, 0.2) is 17.1 Å². The maximum Gasteiger partial charge on any atom is 0.0566 e. The third-order valence-corrected chi connectivity index (χ3v) is 1.24. The van der Waals surface area contributed by atoms with E-state index in [-0.39, 0.29) is 0 Å². The average molecular weight is 153 g/mol. The molecule has 0 amide bonds. The van der Waals surface area contributed by atoms with E-state index >= 15 is 0 Å². The molecule has 0 radical (unpaired) electrons. The molecule has 0 heterocycles. The molecule has 0 saturated heterocycles. The molecule has 0 rings (SSSR count). The van der Waals surface area contributed by atoms with Crippen LogP contribution in [0.2, 0.25) is 0 Å². The van der Waals surface area contributed by atoms with Crippen LogP contribution in [-0.2, 0) is 0 Å². The Bertz CT molecular complexity index is 123. The molecule has 1 heteroatoms. The fourth-order valence-corrected chi connectivity index (χ4v) is 0.692. The van der Waals surface area contributed by atoms with E-state index in [9.17, 15) is 0 Å². The summed E-state index contributed by atoms with van der Waals surface area (Å²) in [5.74, 6) is 0.578. The highest BCUT2D eigenvalue weighted by atomic mass is 14.7. The van der Waals surface area contributed by atoms with Crippen molar-refractivity contribution in [1.82, 2.24) is 0 Å². The van der Waals surface area contributed by atoms with Crippen molar-refractivity contribution in [1.29, 1.82) is 0 Å². The second kappa shape index (κ2) is 7.52. The molecule has 0 aromatic carbocycles. The molecule has 1 nitrogen and oxygen atoms in total. The number of rotatable bonds is 5. The summed E-state index contributed by atoms with van der Waals surface area (Å²) in [5, 5.41) is 0. The van der Waals surface area contributed by atoms with Crippen molar-refractivity contribution in [2.45, 2.75) is 33.6 Å². The number of aliphatic imine (C=N–C) groups is 1. The molecular weight excluding hydrogens is 134 g/mol. The van der Waals surface area contributed by atoms with E-state index in [2.05, 4.69) is 37.9 Å². The number of hydrogen-bond acceptors (Lipinski definition) is 1. The molecule has 0 aliphatic heterocycles. The van der Waals surface area contributed by atoms with Crippen molar-refractivity contribution in [3.05, 3.63) is 12.2 Å². The molecule has 64 valence electrons. The normalized spacial score (nSPS) is 12.4. The Kier molecular flexibility index (Phi) is 7.11. The Morgan fingerprint density at radius 3 is 2.55 bits per heavy atom. The summed E-state index contributed by atoms with van der Waals surface area (Å²) in [7, 11) is 0. The minimum absolute atomic E-state index is 0.578. The lowest BCUT2D eigenvalue weighted by molar-refractivity contribution is 0.900. The van der Waals surface area contributed by atoms with Crippen LogP contribution < -0.4 is 0 Å². The Balaban J connectivity index is 3.25. The molecular formula is C10H19N. The van der Waals surface area contributed by atoms with Gasteiger partial charge in [0.25, 0.3) is 0 Å². The maximum atomic E-state index is 4.23. The largest absolute Gasteiger partial charge is 0.293 e. The van der Waals surface area contributed by atoms with Gasteiger partial charge in [-0.3, -0.25) is 4.99 Å². The highest BCUT2D eigenvalue weighted by Crippen LogP contribution is 1.89. The molecule has 0 spiro atoms. The Morgan fingerprint density at radius 1 is 1.27 bits per heavy atom. The zero-order chi connectivity index (χ0) is 8.53. The van der Waals surface area contributed by atoms with E-state index in [1.54, 1.807) is 0 Å². The van der Waals surface area contributed by atoms with E-state index < -0.39 is 0 Å². The van der Waals surface area contributed by atoms with Crippen molar-refractivity contribution in [3.8, 4) is 0 Å².